The number of hydrogen-bond acceptors (Lipinski definition) is 5. The van der Waals surface area contributed by atoms with Gasteiger partial charge in [-0.3, -0.25) is 9.89 Å². The fraction of sp³-hybridized carbons (Fsp3) is 0.700. The molecule has 3 N–H and O–H groups in total. The summed E-state index contributed by atoms with van der Waals surface area (Å²) < 4.78 is 11.1. The molecule has 1 aromatic heterocycles. The summed E-state index contributed by atoms with van der Waals surface area (Å²) in [5, 5.41) is 9.31. The summed E-state index contributed by atoms with van der Waals surface area (Å²) >= 11 is 0. The average Bonchev–Trinajstić information content (AvgIpc) is 3.27. The number of alkyl carbamates (subject to hydrolysis) is 1. The highest BCUT2D eigenvalue weighted by molar-refractivity contribution is 5.79. The van der Waals surface area contributed by atoms with Crippen molar-refractivity contribution in [2.45, 2.75) is 52.2 Å². The van der Waals surface area contributed by atoms with Crippen LogP contribution in [0.5, 0.6) is 0 Å². The number of nitrogens with one attached hydrogen (secondary N) is 3. The van der Waals surface area contributed by atoms with Crippen LogP contribution in [0.15, 0.2) is 21.5 Å². The third-order valence-corrected chi connectivity index (χ3v) is 4.44. The Hall–Kier alpha value is -2.22. The van der Waals surface area contributed by atoms with Crippen LogP contribution < -0.4 is 16.0 Å². The maximum atomic E-state index is 11.7. The molecule has 0 saturated carbocycles. The van der Waals surface area contributed by atoms with Gasteiger partial charge in [-0.2, -0.15) is 0 Å². The number of nitrogens with zero attached hydrogens (tertiary/aromatic N) is 2. The van der Waals surface area contributed by atoms with Crippen molar-refractivity contribution in [1.29, 1.82) is 0 Å². The molecule has 28 heavy (non-hydrogen) atoms. The summed E-state index contributed by atoms with van der Waals surface area (Å²) in [5.41, 5.74) is -0.496. The van der Waals surface area contributed by atoms with E-state index in [1.54, 1.807) is 7.05 Å². The second-order valence-corrected chi connectivity index (χ2v) is 8.02. The van der Waals surface area contributed by atoms with Gasteiger partial charge in [0.2, 0.25) is 0 Å². The Balaban J connectivity index is 1.78. The first kappa shape index (κ1) is 22.1. The third kappa shape index (κ3) is 7.42. The van der Waals surface area contributed by atoms with E-state index in [2.05, 4.69) is 31.9 Å². The molecule has 1 amide bonds. The van der Waals surface area contributed by atoms with Crippen LogP contribution >= 0.6 is 0 Å². The van der Waals surface area contributed by atoms with Crippen molar-refractivity contribution >= 4 is 12.1 Å². The SMILES string of the molecule is CN=C(NCCNC(=O)OC(C)(C)C)NCC(c1ccc(C)o1)N1CCCC1. The van der Waals surface area contributed by atoms with E-state index in [1.807, 2.05) is 33.8 Å². The number of ether oxygens (including phenoxy) is 1. The topological polar surface area (TPSA) is 91.1 Å². The number of amides is 1. The first-order valence-corrected chi connectivity index (χ1v) is 10.0. The van der Waals surface area contributed by atoms with Crippen LogP contribution in [0.25, 0.3) is 0 Å². The zero-order valence-corrected chi connectivity index (χ0v) is 17.8. The van der Waals surface area contributed by atoms with Crippen molar-refractivity contribution in [3.63, 3.8) is 0 Å². The Morgan fingerprint density at radius 1 is 1.21 bits per heavy atom. The van der Waals surface area contributed by atoms with Gasteiger partial charge in [0, 0.05) is 26.7 Å². The number of carbonyl (C=O) groups is 1. The second-order valence-electron chi connectivity index (χ2n) is 8.02. The molecule has 1 unspecified atom stereocenters. The summed E-state index contributed by atoms with van der Waals surface area (Å²) in [6.07, 6.45) is 2.03. The first-order chi connectivity index (χ1) is 13.3. The summed E-state index contributed by atoms with van der Waals surface area (Å²) in [5.74, 6) is 2.60. The molecule has 1 aromatic rings. The summed E-state index contributed by atoms with van der Waals surface area (Å²) in [6.45, 7) is 11.4. The number of guanidine groups is 1. The van der Waals surface area contributed by atoms with Crippen molar-refractivity contribution in [2.75, 3.05) is 39.8 Å². The zero-order valence-electron chi connectivity index (χ0n) is 17.8. The predicted molar refractivity (Wildman–Crippen MR) is 111 cm³/mol. The lowest BCUT2D eigenvalue weighted by atomic mass is 10.2. The van der Waals surface area contributed by atoms with E-state index in [9.17, 15) is 4.79 Å². The number of hydrogen-bond donors (Lipinski definition) is 3. The minimum Gasteiger partial charge on any atom is -0.465 e. The number of furan rings is 1. The van der Waals surface area contributed by atoms with Gasteiger partial charge in [-0.25, -0.2) is 4.79 Å². The molecule has 158 valence electrons. The number of rotatable bonds is 7. The molecule has 0 bridgehead atoms. The third-order valence-electron chi connectivity index (χ3n) is 4.44. The van der Waals surface area contributed by atoms with E-state index in [-0.39, 0.29) is 6.04 Å². The quantitative estimate of drug-likeness (QED) is 0.374. The molecule has 1 saturated heterocycles. The lowest BCUT2D eigenvalue weighted by Crippen LogP contribution is -2.45. The van der Waals surface area contributed by atoms with Gasteiger partial charge in [-0.15, -0.1) is 0 Å². The predicted octanol–water partition coefficient (Wildman–Crippen LogP) is 2.41. The number of aryl methyl sites for hydroxylation is 1. The molecule has 1 fully saturated rings. The molecule has 0 aromatic carbocycles. The monoisotopic (exact) mass is 393 g/mol. The Bertz CT molecular complexity index is 645. The molecular formula is C20H35N5O3. The van der Waals surface area contributed by atoms with E-state index in [1.165, 1.54) is 12.8 Å². The van der Waals surface area contributed by atoms with Gasteiger partial charge in [-0.1, -0.05) is 0 Å². The van der Waals surface area contributed by atoms with E-state index < -0.39 is 11.7 Å². The highest BCUT2D eigenvalue weighted by Crippen LogP contribution is 2.26. The van der Waals surface area contributed by atoms with Gasteiger partial charge in [0.25, 0.3) is 0 Å². The molecule has 2 heterocycles. The molecule has 2 rings (SSSR count). The summed E-state index contributed by atoms with van der Waals surface area (Å²) in [4.78, 5) is 18.4. The first-order valence-electron chi connectivity index (χ1n) is 10.0. The van der Waals surface area contributed by atoms with Crippen molar-refractivity contribution in [3.05, 3.63) is 23.7 Å². The zero-order chi connectivity index (χ0) is 20.6. The van der Waals surface area contributed by atoms with E-state index in [4.69, 9.17) is 9.15 Å². The Kier molecular flexibility index (Phi) is 8.17. The Labute approximate surface area is 168 Å². The van der Waals surface area contributed by atoms with Crippen molar-refractivity contribution in [1.82, 2.24) is 20.9 Å². The Morgan fingerprint density at radius 3 is 2.46 bits per heavy atom. The van der Waals surface area contributed by atoms with Crippen molar-refractivity contribution in [3.8, 4) is 0 Å². The lowest BCUT2D eigenvalue weighted by molar-refractivity contribution is 0.0529. The maximum Gasteiger partial charge on any atom is 0.407 e. The standard InChI is InChI=1S/C20H35N5O3/c1-15-8-9-17(27-15)16(25-12-6-7-13-25)14-24-18(21-5)22-10-11-23-19(26)28-20(2,3)4/h8-9,16H,6-7,10-14H2,1-5H3,(H,23,26)(H2,21,22,24). The van der Waals surface area contributed by atoms with Crippen LogP contribution in [0.2, 0.25) is 0 Å². The van der Waals surface area contributed by atoms with Gasteiger partial charge in [-0.05, 0) is 65.8 Å². The molecule has 0 radical (unpaired) electrons. The highest BCUT2D eigenvalue weighted by Gasteiger charge is 2.26. The molecule has 1 atom stereocenters. The minimum absolute atomic E-state index is 0.176. The fourth-order valence-electron chi connectivity index (χ4n) is 3.17. The van der Waals surface area contributed by atoms with Crippen LogP contribution in [0.4, 0.5) is 4.79 Å². The summed E-state index contributed by atoms with van der Waals surface area (Å²) in [7, 11) is 1.73. The second kappa shape index (κ2) is 10.4. The van der Waals surface area contributed by atoms with Crippen LogP contribution in [0, 0.1) is 6.92 Å². The van der Waals surface area contributed by atoms with Crippen LogP contribution in [-0.2, 0) is 4.74 Å². The maximum absolute atomic E-state index is 11.7. The van der Waals surface area contributed by atoms with Gasteiger partial charge in [0.05, 0.1) is 6.04 Å². The molecule has 0 spiro atoms. The van der Waals surface area contributed by atoms with Crippen molar-refractivity contribution in [2.24, 2.45) is 4.99 Å². The summed E-state index contributed by atoms with van der Waals surface area (Å²) in [6, 6.07) is 4.24. The van der Waals surface area contributed by atoms with E-state index >= 15 is 0 Å². The highest BCUT2D eigenvalue weighted by atomic mass is 16.6. The van der Waals surface area contributed by atoms with Crippen molar-refractivity contribution < 1.29 is 13.9 Å². The van der Waals surface area contributed by atoms with E-state index in [0.29, 0.717) is 25.6 Å². The van der Waals surface area contributed by atoms with Gasteiger partial charge in [0.1, 0.15) is 17.1 Å². The largest absolute Gasteiger partial charge is 0.465 e. The normalized spacial score (nSPS) is 16.7. The Morgan fingerprint density at radius 2 is 1.89 bits per heavy atom. The molecule has 0 aliphatic carbocycles. The number of aliphatic imine (C=N–C) groups is 1. The van der Waals surface area contributed by atoms with E-state index in [0.717, 1.165) is 24.6 Å². The van der Waals surface area contributed by atoms with Gasteiger partial charge >= 0.3 is 6.09 Å². The minimum atomic E-state index is -0.496. The molecule has 1 aliphatic rings. The van der Waals surface area contributed by atoms with Crippen LogP contribution in [0.3, 0.4) is 0 Å². The number of likely N-dealkylation sites (tertiary alicyclic amines) is 1. The molecule has 1 aliphatic heterocycles. The molecule has 8 heteroatoms. The average molecular weight is 394 g/mol. The smallest absolute Gasteiger partial charge is 0.407 e. The van der Waals surface area contributed by atoms with Crippen LogP contribution in [0.1, 0.15) is 51.2 Å². The lowest BCUT2D eigenvalue weighted by Gasteiger charge is -2.26. The van der Waals surface area contributed by atoms with Gasteiger partial charge < -0.3 is 25.1 Å². The van der Waals surface area contributed by atoms with Crippen LogP contribution in [-0.4, -0.2) is 62.3 Å². The molecule has 8 nitrogen and oxygen atoms in total. The molecular weight excluding hydrogens is 358 g/mol. The number of carbonyl (C=O) groups excluding carboxylic acids is 1. The van der Waals surface area contributed by atoms with Gasteiger partial charge in [0.15, 0.2) is 5.96 Å². The fourth-order valence-corrected chi connectivity index (χ4v) is 3.17.